The first-order valence-electron chi connectivity index (χ1n) is 5.76. The summed E-state index contributed by atoms with van der Waals surface area (Å²) in [5.74, 6) is 1.71. The molecule has 2 aromatic rings. The highest BCUT2D eigenvalue weighted by atomic mass is 79.9. The fraction of sp³-hybridized carbons (Fsp3) is 0.308. The van der Waals surface area contributed by atoms with Crippen molar-refractivity contribution in [2.45, 2.75) is 13.3 Å². The summed E-state index contributed by atoms with van der Waals surface area (Å²) in [5.41, 5.74) is 1.28. The van der Waals surface area contributed by atoms with Crippen LogP contribution in [-0.2, 0) is 6.42 Å². The number of aryl methyl sites for hydroxylation is 1. The second-order valence-corrected chi connectivity index (χ2v) is 4.94. The van der Waals surface area contributed by atoms with E-state index in [4.69, 9.17) is 0 Å². The van der Waals surface area contributed by atoms with Gasteiger partial charge >= 0.3 is 0 Å². The van der Waals surface area contributed by atoms with Gasteiger partial charge in [0.2, 0.25) is 0 Å². The van der Waals surface area contributed by atoms with Gasteiger partial charge in [0.15, 0.2) is 0 Å². The van der Waals surface area contributed by atoms with E-state index in [1.54, 1.807) is 0 Å². The smallest absolute Gasteiger partial charge is 0.133 e. The lowest BCUT2D eigenvalue weighted by Crippen LogP contribution is -2.21. The molecule has 0 bridgehead atoms. The topological polar surface area (TPSA) is 41.9 Å². The predicted molar refractivity (Wildman–Crippen MR) is 75.7 cm³/mol. The van der Waals surface area contributed by atoms with Crippen LogP contribution in [0.25, 0.3) is 0 Å². The number of pyridine rings is 1. The molecule has 0 saturated heterocycles. The van der Waals surface area contributed by atoms with E-state index in [0.29, 0.717) is 0 Å². The zero-order valence-corrected chi connectivity index (χ0v) is 12.1. The second-order valence-electron chi connectivity index (χ2n) is 4.12. The molecule has 0 radical (unpaired) electrons. The molecule has 0 aliphatic rings. The Hall–Kier alpha value is -1.49. The Balaban J connectivity index is 2.01. The van der Waals surface area contributed by atoms with Gasteiger partial charge in [-0.1, -0.05) is 0 Å². The van der Waals surface area contributed by atoms with Crippen LogP contribution >= 0.6 is 15.9 Å². The molecular formula is C13H15BrN4. The first-order chi connectivity index (χ1) is 8.65. The van der Waals surface area contributed by atoms with Gasteiger partial charge in [-0.3, -0.25) is 4.98 Å². The van der Waals surface area contributed by atoms with Crippen LogP contribution in [0.5, 0.6) is 0 Å². The highest BCUT2D eigenvalue weighted by Crippen LogP contribution is 2.15. The van der Waals surface area contributed by atoms with Gasteiger partial charge in [-0.05, 0) is 47.0 Å². The number of anilines is 1. The summed E-state index contributed by atoms with van der Waals surface area (Å²) in [5, 5.41) is 0. The molecule has 0 unspecified atom stereocenters. The Labute approximate surface area is 115 Å². The minimum Gasteiger partial charge on any atom is -0.359 e. The molecule has 0 amide bonds. The van der Waals surface area contributed by atoms with Gasteiger partial charge in [0, 0.05) is 32.1 Å². The molecule has 5 heteroatoms. The maximum atomic E-state index is 4.42. The molecule has 0 atom stereocenters. The fourth-order valence-corrected chi connectivity index (χ4v) is 2.13. The maximum absolute atomic E-state index is 4.42. The lowest BCUT2D eigenvalue weighted by molar-refractivity contribution is 0.845. The third-order valence-corrected chi connectivity index (χ3v) is 3.08. The van der Waals surface area contributed by atoms with Crippen LogP contribution in [0.4, 0.5) is 5.82 Å². The van der Waals surface area contributed by atoms with Gasteiger partial charge in [0.05, 0.1) is 0 Å². The largest absolute Gasteiger partial charge is 0.359 e. The molecule has 0 aliphatic carbocycles. The molecule has 18 heavy (non-hydrogen) atoms. The standard InChI is InChI=1S/C13H15BrN4/c1-10-16-12(14)9-13(17-10)18(2)8-5-11-3-6-15-7-4-11/h3-4,6-7,9H,5,8H2,1-2H3. The van der Waals surface area contributed by atoms with Crippen LogP contribution in [-0.4, -0.2) is 28.5 Å². The molecule has 0 fully saturated rings. The van der Waals surface area contributed by atoms with E-state index in [-0.39, 0.29) is 0 Å². The van der Waals surface area contributed by atoms with Crippen molar-refractivity contribution in [3.05, 3.63) is 46.6 Å². The van der Waals surface area contributed by atoms with Crippen molar-refractivity contribution < 1.29 is 0 Å². The number of hydrogen-bond acceptors (Lipinski definition) is 4. The molecule has 94 valence electrons. The lowest BCUT2D eigenvalue weighted by Gasteiger charge is -2.18. The van der Waals surface area contributed by atoms with Gasteiger partial charge < -0.3 is 4.90 Å². The Kier molecular flexibility index (Phi) is 4.25. The van der Waals surface area contributed by atoms with Crippen LogP contribution in [0.2, 0.25) is 0 Å². The summed E-state index contributed by atoms with van der Waals surface area (Å²) < 4.78 is 0.820. The van der Waals surface area contributed by atoms with E-state index in [0.717, 1.165) is 29.2 Å². The van der Waals surface area contributed by atoms with Crippen LogP contribution < -0.4 is 4.90 Å². The highest BCUT2D eigenvalue weighted by molar-refractivity contribution is 9.10. The minimum atomic E-state index is 0.773. The molecule has 0 saturated carbocycles. The quantitative estimate of drug-likeness (QED) is 0.814. The van der Waals surface area contributed by atoms with Crippen molar-refractivity contribution in [3.8, 4) is 0 Å². The number of nitrogens with zero attached hydrogens (tertiary/aromatic N) is 4. The van der Waals surface area contributed by atoms with E-state index >= 15 is 0 Å². The summed E-state index contributed by atoms with van der Waals surface area (Å²) in [6, 6.07) is 6.00. The number of likely N-dealkylation sites (N-methyl/N-ethyl adjacent to an activating group) is 1. The summed E-state index contributed by atoms with van der Waals surface area (Å²) in [6.45, 7) is 2.80. The molecule has 0 spiro atoms. The van der Waals surface area contributed by atoms with Crippen molar-refractivity contribution in [3.63, 3.8) is 0 Å². The average molecular weight is 307 g/mol. The lowest BCUT2D eigenvalue weighted by atomic mass is 10.2. The fourth-order valence-electron chi connectivity index (χ4n) is 1.67. The van der Waals surface area contributed by atoms with E-state index in [9.17, 15) is 0 Å². The normalized spacial score (nSPS) is 10.4. The van der Waals surface area contributed by atoms with Gasteiger partial charge in [0.25, 0.3) is 0 Å². The second kappa shape index (κ2) is 5.91. The Bertz CT molecular complexity index is 495. The number of halogens is 1. The number of hydrogen-bond donors (Lipinski definition) is 0. The molecule has 2 rings (SSSR count). The Morgan fingerprint density at radius 2 is 1.94 bits per heavy atom. The summed E-state index contributed by atoms with van der Waals surface area (Å²) in [7, 11) is 2.04. The molecular weight excluding hydrogens is 292 g/mol. The van der Waals surface area contributed by atoms with Gasteiger partial charge in [-0.2, -0.15) is 0 Å². The maximum Gasteiger partial charge on any atom is 0.133 e. The molecule has 0 N–H and O–H groups in total. The molecule has 4 nitrogen and oxygen atoms in total. The minimum absolute atomic E-state index is 0.773. The first-order valence-corrected chi connectivity index (χ1v) is 6.55. The zero-order valence-electron chi connectivity index (χ0n) is 10.5. The first kappa shape index (κ1) is 13.0. The Morgan fingerprint density at radius 1 is 1.22 bits per heavy atom. The molecule has 2 aromatic heterocycles. The summed E-state index contributed by atoms with van der Waals surface area (Å²) >= 11 is 3.39. The van der Waals surface area contributed by atoms with Crippen molar-refractivity contribution in [2.75, 3.05) is 18.5 Å². The van der Waals surface area contributed by atoms with Crippen molar-refractivity contribution >= 4 is 21.7 Å². The van der Waals surface area contributed by atoms with Crippen LogP contribution in [0, 0.1) is 6.92 Å². The van der Waals surface area contributed by atoms with Crippen LogP contribution in [0.1, 0.15) is 11.4 Å². The zero-order chi connectivity index (χ0) is 13.0. The van der Waals surface area contributed by atoms with E-state index < -0.39 is 0 Å². The van der Waals surface area contributed by atoms with E-state index in [1.165, 1.54) is 5.56 Å². The SMILES string of the molecule is Cc1nc(Br)cc(N(C)CCc2ccncc2)n1. The van der Waals surface area contributed by atoms with Gasteiger partial charge in [-0.15, -0.1) is 0 Å². The molecule has 2 heterocycles. The highest BCUT2D eigenvalue weighted by Gasteiger charge is 2.05. The van der Waals surface area contributed by atoms with Crippen molar-refractivity contribution in [1.29, 1.82) is 0 Å². The van der Waals surface area contributed by atoms with Gasteiger partial charge in [0.1, 0.15) is 16.2 Å². The van der Waals surface area contributed by atoms with Crippen molar-refractivity contribution in [1.82, 2.24) is 15.0 Å². The average Bonchev–Trinajstić information content (AvgIpc) is 2.36. The summed E-state index contributed by atoms with van der Waals surface area (Å²) in [6.07, 6.45) is 4.61. The molecule has 0 aromatic carbocycles. The van der Waals surface area contributed by atoms with E-state index in [2.05, 4.69) is 35.8 Å². The summed E-state index contributed by atoms with van der Waals surface area (Å²) in [4.78, 5) is 14.8. The van der Waals surface area contributed by atoms with E-state index in [1.807, 2.05) is 44.6 Å². The van der Waals surface area contributed by atoms with Gasteiger partial charge in [-0.25, -0.2) is 9.97 Å². The predicted octanol–water partition coefficient (Wildman–Crippen LogP) is 2.62. The van der Waals surface area contributed by atoms with Crippen molar-refractivity contribution in [2.24, 2.45) is 0 Å². The number of aromatic nitrogens is 3. The third-order valence-electron chi connectivity index (χ3n) is 2.67. The van der Waals surface area contributed by atoms with Crippen LogP contribution in [0.3, 0.4) is 0 Å². The Morgan fingerprint density at radius 3 is 2.61 bits per heavy atom. The number of rotatable bonds is 4. The monoisotopic (exact) mass is 306 g/mol. The van der Waals surface area contributed by atoms with Crippen LogP contribution in [0.15, 0.2) is 35.2 Å². The third kappa shape index (κ3) is 3.50. The molecule has 0 aliphatic heterocycles.